The van der Waals surface area contributed by atoms with Crippen molar-refractivity contribution in [1.82, 2.24) is 5.32 Å². The van der Waals surface area contributed by atoms with Crippen LogP contribution in [0.5, 0.6) is 0 Å². The lowest BCUT2D eigenvalue weighted by Crippen LogP contribution is -2.38. The molecule has 1 saturated carbocycles. The Morgan fingerprint density at radius 2 is 1.94 bits per heavy atom. The molecule has 1 aromatic carbocycles. The van der Waals surface area contributed by atoms with Crippen molar-refractivity contribution in [3.05, 3.63) is 35.9 Å². The lowest BCUT2D eigenvalue weighted by molar-refractivity contribution is 0.0275. The molecule has 0 bridgehead atoms. The van der Waals surface area contributed by atoms with Crippen molar-refractivity contribution in [3.63, 3.8) is 0 Å². The molecule has 2 atom stereocenters. The molecule has 0 amide bonds. The van der Waals surface area contributed by atoms with Gasteiger partial charge < -0.3 is 10.1 Å². The first-order valence-electron chi connectivity index (χ1n) is 6.76. The zero-order valence-corrected chi connectivity index (χ0v) is 10.9. The summed E-state index contributed by atoms with van der Waals surface area (Å²) >= 11 is 0. The predicted molar refractivity (Wildman–Crippen MR) is 71.0 cm³/mol. The molecule has 0 aromatic heterocycles. The highest BCUT2D eigenvalue weighted by atomic mass is 16.5. The topological polar surface area (TPSA) is 21.3 Å². The summed E-state index contributed by atoms with van der Waals surface area (Å²) in [5.74, 6) is 0.798. The third kappa shape index (κ3) is 3.30. The van der Waals surface area contributed by atoms with Gasteiger partial charge in [-0.1, -0.05) is 37.3 Å². The molecule has 1 N–H and O–H groups in total. The molecule has 2 rings (SSSR count). The zero-order chi connectivity index (χ0) is 12.1. The van der Waals surface area contributed by atoms with Gasteiger partial charge in [-0.3, -0.25) is 0 Å². The fourth-order valence-electron chi connectivity index (χ4n) is 2.44. The molecule has 1 fully saturated rings. The van der Waals surface area contributed by atoms with E-state index in [-0.39, 0.29) is 6.10 Å². The molecule has 2 nitrogen and oxygen atoms in total. The van der Waals surface area contributed by atoms with Gasteiger partial charge in [0.25, 0.3) is 0 Å². The summed E-state index contributed by atoms with van der Waals surface area (Å²) in [6.07, 6.45) is 2.89. The third-order valence-corrected chi connectivity index (χ3v) is 3.37. The standard InChI is InChI=1S/C15H23NO/c1-3-16-14(12-10-11-12)15(17-4-2)13-8-6-5-7-9-13/h5-9,12,14-16H,3-4,10-11H2,1-2H3. The number of nitrogens with one attached hydrogen (secondary N) is 1. The number of rotatable bonds is 7. The average molecular weight is 233 g/mol. The van der Waals surface area contributed by atoms with Crippen LogP contribution < -0.4 is 5.32 Å². The van der Waals surface area contributed by atoms with Crippen molar-refractivity contribution >= 4 is 0 Å². The number of likely N-dealkylation sites (N-methyl/N-ethyl adjacent to an activating group) is 1. The maximum absolute atomic E-state index is 5.98. The Kier molecular flexibility index (Phi) is 4.57. The van der Waals surface area contributed by atoms with E-state index >= 15 is 0 Å². The molecule has 0 heterocycles. The number of benzene rings is 1. The van der Waals surface area contributed by atoms with Crippen LogP contribution in [0.3, 0.4) is 0 Å². The van der Waals surface area contributed by atoms with Crippen LogP contribution in [0.15, 0.2) is 30.3 Å². The molecular weight excluding hydrogens is 210 g/mol. The predicted octanol–water partition coefficient (Wildman–Crippen LogP) is 3.15. The van der Waals surface area contributed by atoms with E-state index in [1.165, 1.54) is 18.4 Å². The lowest BCUT2D eigenvalue weighted by atomic mass is 9.98. The molecular formula is C15H23NO. The van der Waals surface area contributed by atoms with Gasteiger partial charge in [-0.15, -0.1) is 0 Å². The molecule has 0 spiro atoms. The highest BCUT2D eigenvalue weighted by molar-refractivity contribution is 5.20. The SMILES string of the molecule is CCNC(C1CC1)C(OCC)c1ccccc1. The second-order valence-corrected chi connectivity index (χ2v) is 4.71. The fourth-order valence-corrected chi connectivity index (χ4v) is 2.44. The first kappa shape index (κ1) is 12.6. The van der Waals surface area contributed by atoms with Gasteiger partial charge in [-0.05, 0) is 37.8 Å². The molecule has 17 heavy (non-hydrogen) atoms. The summed E-state index contributed by atoms with van der Waals surface area (Å²) in [5.41, 5.74) is 1.30. The van der Waals surface area contributed by atoms with Crippen LogP contribution in [0.2, 0.25) is 0 Å². The molecule has 1 aromatic rings. The van der Waals surface area contributed by atoms with E-state index in [9.17, 15) is 0 Å². The van der Waals surface area contributed by atoms with Crippen molar-refractivity contribution in [2.45, 2.75) is 38.8 Å². The van der Waals surface area contributed by atoms with Crippen LogP contribution >= 0.6 is 0 Å². The smallest absolute Gasteiger partial charge is 0.0980 e. The fraction of sp³-hybridized carbons (Fsp3) is 0.600. The molecule has 1 aliphatic rings. The Morgan fingerprint density at radius 1 is 1.24 bits per heavy atom. The minimum Gasteiger partial charge on any atom is -0.372 e. The Balaban J connectivity index is 2.14. The second-order valence-electron chi connectivity index (χ2n) is 4.71. The van der Waals surface area contributed by atoms with Gasteiger partial charge in [0.15, 0.2) is 0 Å². The Hall–Kier alpha value is -0.860. The Bertz CT molecular complexity index is 321. The van der Waals surface area contributed by atoms with Gasteiger partial charge in [0.1, 0.15) is 0 Å². The quantitative estimate of drug-likeness (QED) is 0.781. The minimum absolute atomic E-state index is 0.202. The number of hydrogen-bond donors (Lipinski definition) is 1. The van der Waals surface area contributed by atoms with Crippen LogP contribution in [0.4, 0.5) is 0 Å². The van der Waals surface area contributed by atoms with E-state index in [4.69, 9.17) is 4.74 Å². The highest BCUT2D eigenvalue weighted by Gasteiger charge is 2.37. The van der Waals surface area contributed by atoms with Crippen molar-refractivity contribution in [1.29, 1.82) is 0 Å². The van der Waals surface area contributed by atoms with Crippen molar-refractivity contribution in [3.8, 4) is 0 Å². The van der Waals surface area contributed by atoms with E-state index in [1.54, 1.807) is 0 Å². The van der Waals surface area contributed by atoms with Crippen LogP contribution in [0, 0.1) is 5.92 Å². The Morgan fingerprint density at radius 3 is 2.47 bits per heavy atom. The molecule has 0 saturated heterocycles. The van der Waals surface area contributed by atoms with Crippen LogP contribution in [-0.2, 0) is 4.74 Å². The van der Waals surface area contributed by atoms with Crippen molar-refractivity contribution in [2.24, 2.45) is 5.92 Å². The van der Waals surface area contributed by atoms with Gasteiger partial charge >= 0.3 is 0 Å². The normalized spacial score (nSPS) is 18.9. The molecule has 1 aliphatic carbocycles. The van der Waals surface area contributed by atoms with Crippen LogP contribution in [-0.4, -0.2) is 19.2 Å². The van der Waals surface area contributed by atoms with Gasteiger partial charge in [0, 0.05) is 12.6 Å². The number of hydrogen-bond acceptors (Lipinski definition) is 2. The first-order chi connectivity index (χ1) is 8.36. The Labute approximate surface area is 104 Å². The highest BCUT2D eigenvalue weighted by Crippen LogP contribution is 2.39. The van der Waals surface area contributed by atoms with E-state index in [0.717, 1.165) is 19.1 Å². The van der Waals surface area contributed by atoms with E-state index in [1.807, 2.05) is 0 Å². The maximum atomic E-state index is 5.98. The largest absolute Gasteiger partial charge is 0.372 e. The van der Waals surface area contributed by atoms with E-state index in [0.29, 0.717) is 6.04 Å². The molecule has 94 valence electrons. The second kappa shape index (κ2) is 6.18. The summed E-state index contributed by atoms with van der Waals surface area (Å²) in [5, 5.41) is 3.60. The third-order valence-electron chi connectivity index (χ3n) is 3.37. The first-order valence-corrected chi connectivity index (χ1v) is 6.76. The molecule has 0 radical (unpaired) electrons. The monoisotopic (exact) mass is 233 g/mol. The summed E-state index contributed by atoms with van der Waals surface area (Å²) in [6, 6.07) is 11.1. The van der Waals surface area contributed by atoms with E-state index in [2.05, 4.69) is 49.5 Å². The summed E-state index contributed by atoms with van der Waals surface area (Å²) < 4.78 is 5.98. The van der Waals surface area contributed by atoms with Crippen molar-refractivity contribution in [2.75, 3.05) is 13.2 Å². The van der Waals surface area contributed by atoms with Gasteiger partial charge in [0.2, 0.25) is 0 Å². The average Bonchev–Trinajstić information content (AvgIpc) is 3.19. The summed E-state index contributed by atoms with van der Waals surface area (Å²) in [7, 11) is 0. The molecule has 2 heteroatoms. The summed E-state index contributed by atoms with van der Waals surface area (Å²) in [4.78, 5) is 0. The maximum Gasteiger partial charge on any atom is 0.0980 e. The van der Waals surface area contributed by atoms with Crippen LogP contribution in [0.25, 0.3) is 0 Å². The lowest BCUT2D eigenvalue weighted by Gasteiger charge is -2.28. The minimum atomic E-state index is 0.202. The molecule has 2 unspecified atom stereocenters. The van der Waals surface area contributed by atoms with Crippen molar-refractivity contribution < 1.29 is 4.74 Å². The van der Waals surface area contributed by atoms with Crippen LogP contribution in [0.1, 0.15) is 38.4 Å². The molecule has 0 aliphatic heterocycles. The number of ether oxygens (including phenoxy) is 1. The van der Waals surface area contributed by atoms with Gasteiger partial charge in [-0.25, -0.2) is 0 Å². The van der Waals surface area contributed by atoms with Gasteiger partial charge in [0.05, 0.1) is 6.10 Å². The van der Waals surface area contributed by atoms with E-state index < -0.39 is 0 Å². The summed E-state index contributed by atoms with van der Waals surface area (Å²) in [6.45, 7) is 6.03. The zero-order valence-electron chi connectivity index (χ0n) is 10.9. The van der Waals surface area contributed by atoms with Gasteiger partial charge in [-0.2, -0.15) is 0 Å².